The maximum Gasteiger partial charge on any atom is 0.0482 e. The van der Waals surface area contributed by atoms with Crippen LogP contribution in [0.25, 0.3) is 22.3 Å². The quantitative estimate of drug-likeness (QED) is 0.196. The zero-order valence-electron chi connectivity index (χ0n) is 27.9. The molecule has 2 heteroatoms. The highest BCUT2D eigenvalue weighted by molar-refractivity contribution is 5.84. The van der Waals surface area contributed by atoms with Gasteiger partial charge < -0.3 is 10.2 Å². The summed E-state index contributed by atoms with van der Waals surface area (Å²) in [6.45, 7) is 13.6. The first kappa shape index (κ1) is 30.9. The van der Waals surface area contributed by atoms with Crippen LogP contribution in [0.2, 0.25) is 0 Å². The van der Waals surface area contributed by atoms with Gasteiger partial charge in [0.2, 0.25) is 0 Å². The molecule has 0 fully saturated rings. The van der Waals surface area contributed by atoms with E-state index < -0.39 is 0 Å². The first-order chi connectivity index (χ1) is 22.1. The van der Waals surface area contributed by atoms with Crippen molar-refractivity contribution in [2.75, 3.05) is 10.2 Å². The molecule has 0 amide bonds. The molecule has 0 saturated carbocycles. The number of hydrogen-bond acceptors (Lipinski definition) is 2. The van der Waals surface area contributed by atoms with Gasteiger partial charge in [-0.2, -0.15) is 0 Å². The SMILES string of the molecule is CC(C)(C)c1ccc(N(c2ccc(-c3ccccc3)cc2)c2cccc(Nc3ccc(C(C)(C)C)cc3-c3ccccc3)c2)cc1. The third-order valence-electron chi connectivity index (χ3n) is 8.58. The molecule has 0 radical (unpaired) electrons. The molecule has 0 atom stereocenters. The van der Waals surface area contributed by atoms with Crippen LogP contribution in [0.1, 0.15) is 52.7 Å². The van der Waals surface area contributed by atoms with E-state index in [0.29, 0.717) is 0 Å². The number of anilines is 5. The van der Waals surface area contributed by atoms with Gasteiger partial charge in [-0.3, -0.25) is 0 Å². The third-order valence-corrected chi connectivity index (χ3v) is 8.58. The molecule has 0 bridgehead atoms. The molecule has 2 nitrogen and oxygen atoms in total. The van der Waals surface area contributed by atoms with Crippen molar-refractivity contribution in [3.63, 3.8) is 0 Å². The molecule has 0 saturated heterocycles. The lowest BCUT2D eigenvalue weighted by atomic mass is 9.85. The topological polar surface area (TPSA) is 15.3 Å². The number of rotatable bonds is 7. The second-order valence-corrected chi connectivity index (χ2v) is 14.1. The molecular weight excluding hydrogens is 556 g/mol. The summed E-state index contributed by atoms with van der Waals surface area (Å²) in [5.74, 6) is 0. The molecule has 0 aromatic heterocycles. The van der Waals surface area contributed by atoms with Crippen molar-refractivity contribution in [3.05, 3.63) is 163 Å². The van der Waals surface area contributed by atoms with Gasteiger partial charge in [-0.1, -0.05) is 139 Å². The second kappa shape index (κ2) is 12.7. The van der Waals surface area contributed by atoms with Gasteiger partial charge in [0.25, 0.3) is 0 Å². The van der Waals surface area contributed by atoms with Crippen LogP contribution in [0.15, 0.2) is 152 Å². The second-order valence-electron chi connectivity index (χ2n) is 14.1. The van der Waals surface area contributed by atoms with Crippen molar-refractivity contribution in [1.29, 1.82) is 0 Å². The summed E-state index contributed by atoms with van der Waals surface area (Å²) in [4.78, 5) is 2.34. The Morgan fingerprint density at radius 1 is 0.413 bits per heavy atom. The van der Waals surface area contributed by atoms with Crippen LogP contribution in [-0.4, -0.2) is 0 Å². The Morgan fingerprint density at radius 2 is 0.935 bits per heavy atom. The van der Waals surface area contributed by atoms with Crippen LogP contribution < -0.4 is 10.2 Å². The molecule has 0 aliphatic carbocycles. The van der Waals surface area contributed by atoms with Crippen LogP contribution in [-0.2, 0) is 10.8 Å². The summed E-state index contributed by atoms with van der Waals surface area (Å²) in [5, 5.41) is 3.78. The minimum absolute atomic E-state index is 0.0566. The molecule has 6 aromatic rings. The Morgan fingerprint density at radius 3 is 1.52 bits per heavy atom. The average Bonchev–Trinajstić information content (AvgIpc) is 3.06. The van der Waals surface area contributed by atoms with Crippen LogP contribution in [0, 0.1) is 0 Å². The molecule has 0 heterocycles. The normalized spacial score (nSPS) is 11.7. The molecule has 6 aromatic carbocycles. The zero-order chi connectivity index (χ0) is 32.3. The number of hydrogen-bond donors (Lipinski definition) is 1. The molecule has 0 unspecified atom stereocenters. The van der Waals surface area contributed by atoms with Gasteiger partial charge in [0.1, 0.15) is 0 Å². The summed E-state index contributed by atoms with van der Waals surface area (Å²) in [5.41, 5.74) is 13.0. The Balaban J connectivity index is 1.40. The summed E-state index contributed by atoms with van der Waals surface area (Å²) >= 11 is 0. The summed E-state index contributed by atoms with van der Waals surface area (Å²) < 4.78 is 0. The fourth-order valence-corrected chi connectivity index (χ4v) is 5.85. The largest absolute Gasteiger partial charge is 0.355 e. The van der Waals surface area contributed by atoms with Gasteiger partial charge in [-0.25, -0.2) is 0 Å². The van der Waals surface area contributed by atoms with Crippen molar-refractivity contribution >= 4 is 28.4 Å². The molecule has 46 heavy (non-hydrogen) atoms. The van der Waals surface area contributed by atoms with Gasteiger partial charge in [0, 0.05) is 34.0 Å². The van der Waals surface area contributed by atoms with Crippen molar-refractivity contribution in [1.82, 2.24) is 0 Å². The fraction of sp³-hybridized carbons (Fsp3) is 0.182. The van der Waals surface area contributed by atoms with E-state index in [2.05, 4.69) is 203 Å². The van der Waals surface area contributed by atoms with Gasteiger partial charge in [0.15, 0.2) is 0 Å². The predicted octanol–water partition coefficient (Wildman–Crippen LogP) is 12.8. The standard InChI is InChI=1S/C44H44N2/c1-43(2,3)35-22-27-39(28-23-35)46(38-25-20-33(21-26-38)32-14-9-7-10-15-32)40-19-13-18-37(31-40)45-42-29-24-36(44(4,5)6)30-41(42)34-16-11-8-12-17-34/h7-31,45H,1-6H3. The highest BCUT2D eigenvalue weighted by atomic mass is 15.1. The van der Waals surface area contributed by atoms with E-state index in [1.807, 2.05) is 0 Å². The molecular formula is C44H44N2. The van der Waals surface area contributed by atoms with Gasteiger partial charge in [0.05, 0.1) is 0 Å². The van der Waals surface area contributed by atoms with Gasteiger partial charge in [-0.15, -0.1) is 0 Å². The summed E-state index contributed by atoms with van der Waals surface area (Å²) in [6, 6.07) is 54.6. The van der Waals surface area contributed by atoms with Gasteiger partial charge in [-0.05, 0) is 93.2 Å². The predicted molar refractivity (Wildman–Crippen MR) is 199 cm³/mol. The maximum absolute atomic E-state index is 3.78. The number of benzene rings is 6. The monoisotopic (exact) mass is 600 g/mol. The Labute approximate surface area is 275 Å². The first-order valence-electron chi connectivity index (χ1n) is 16.2. The van der Waals surface area contributed by atoms with E-state index in [-0.39, 0.29) is 10.8 Å². The Kier molecular flexibility index (Phi) is 8.56. The van der Waals surface area contributed by atoms with Crippen molar-refractivity contribution in [3.8, 4) is 22.3 Å². The molecule has 0 aliphatic heterocycles. The zero-order valence-corrected chi connectivity index (χ0v) is 27.9. The van der Waals surface area contributed by atoms with E-state index >= 15 is 0 Å². The minimum Gasteiger partial charge on any atom is -0.355 e. The highest BCUT2D eigenvalue weighted by Crippen LogP contribution is 2.39. The smallest absolute Gasteiger partial charge is 0.0482 e. The Hall–Kier alpha value is -5.08. The van der Waals surface area contributed by atoms with Crippen molar-refractivity contribution in [2.24, 2.45) is 0 Å². The van der Waals surface area contributed by atoms with Crippen LogP contribution in [0.5, 0.6) is 0 Å². The number of nitrogens with zero attached hydrogens (tertiary/aromatic N) is 1. The van der Waals surface area contributed by atoms with E-state index in [4.69, 9.17) is 0 Å². The van der Waals surface area contributed by atoms with Crippen LogP contribution in [0.4, 0.5) is 28.4 Å². The number of nitrogens with one attached hydrogen (secondary N) is 1. The minimum atomic E-state index is 0.0566. The van der Waals surface area contributed by atoms with Crippen LogP contribution in [0.3, 0.4) is 0 Å². The highest BCUT2D eigenvalue weighted by Gasteiger charge is 2.19. The van der Waals surface area contributed by atoms with Crippen molar-refractivity contribution in [2.45, 2.75) is 52.4 Å². The summed E-state index contributed by atoms with van der Waals surface area (Å²) in [6.07, 6.45) is 0. The lowest BCUT2D eigenvalue weighted by molar-refractivity contribution is 0.590. The molecule has 230 valence electrons. The molecule has 0 aliphatic rings. The fourth-order valence-electron chi connectivity index (χ4n) is 5.85. The van der Waals surface area contributed by atoms with E-state index in [9.17, 15) is 0 Å². The van der Waals surface area contributed by atoms with E-state index in [0.717, 1.165) is 28.4 Å². The Bertz CT molecular complexity index is 1890. The lowest BCUT2D eigenvalue weighted by Gasteiger charge is -2.28. The first-order valence-corrected chi connectivity index (χ1v) is 16.2. The van der Waals surface area contributed by atoms with Gasteiger partial charge >= 0.3 is 0 Å². The lowest BCUT2D eigenvalue weighted by Crippen LogP contribution is -2.13. The van der Waals surface area contributed by atoms with Crippen molar-refractivity contribution < 1.29 is 0 Å². The third kappa shape index (κ3) is 6.92. The average molecular weight is 601 g/mol. The molecule has 6 rings (SSSR count). The molecule has 0 spiro atoms. The molecule has 1 N–H and O–H groups in total. The van der Waals surface area contributed by atoms with Crippen LogP contribution >= 0.6 is 0 Å². The van der Waals surface area contributed by atoms with E-state index in [1.54, 1.807) is 0 Å². The van der Waals surface area contributed by atoms with E-state index in [1.165, 1.54) is 33.4 Å². The maximum atomic E-state index is 3.78. The summed E-state index contributed by atoms with van der Waals surface area (Å²) in [7, 11) is 0.